The molecule has 1 saturated heterocycles. The topological polar surface area (TPSA) is 94.9 Å². The van der Waals surface area contributed by atoms with Crippen molar-refractivity contribution in [1.29, 1.82) is 0 Å². The fourth-order valence-electron chi connectivity index (χ4n) is 5.61. The first-order chi connectivity index (χ1) is 18.9. The van der Waals surface area contributed by atoms with E-state index in [-0.39, 0.29) is 18.6 Å². The standard InChI is InChI=1S/C22H27NOS.C10H18O4/c1-2-5-21(24)17-8-10-22-19(14-17)20(15-25-22)16-7-9-18-6-3-4-12-23(18)13-11-16;11-9(12)7-5-3-1-2-4-6-8-10(13)14/h8,10-11,14-15,18H,2-7,9,12-13H2,1H3;1-8H2,(H,11,12)(H,13,14). The number of carbonyl (C=O) groups excluding carboxylic acids is 1. The molecule has 1 atom stereocenters. The Kier molecular flexibility index (Phi) is 13.2. The van der Waals surface area contributed by atoms with Gasteiger partial charge >= 0.3 is 11.9 Å². The van der Waals surface area contributed by atoms with Gasteiger partial charge in [-0.05, 0) is 86.2 Å². The van der Waals surface area contributed by atoms with Gasteiger partial charge in [-0.2, -0.15) is 0 Å². The highest BCUT2D eigenvalue weighted by Crippen LogP contribution is 2.36. The van der Waals surface area contributed by atoms with Gasteiger partial charge in [0.2, 0.25) is 0 Å². The fourth-order valence-corrected chi connectivity index (χ4v) is 6.57. The van der Waals surface area contributed by atoms with Gasteiger partial charge in [0.25, 0.3) is 0 Å². The summed E-state index contributed by atoms with van der Waals surface area (Å²) in [6.45, 7) is 4.41. The summed E-state index contributed by atoms with van der Waals surface area (Å²) in [6, 6.07) is 7.04. The minimum atomic E-state index is -0.740. The highest BCUT2D eigenvalue weighted by atomic mass is 32.1. The zero-order chi connectivity index (χ0) is 28.0. The molecule has 0 radical (unpaired) electrons. The summed E-state index contributed by atoms with van der Waals surface area (Å²) >= 11 is 1.81. The van der Waals surface area contributed by atoms with E-state index in [2.05, 4.69) is 35.4 Å². The molecule has 6 nitrogen and oxygen atoms in total. The number of piperidine rings is 1. The Morgan fingerprint density at radius 1 is 0.923 bits per heavy atom. The Balaban J connectivity index is 0.000000258. The second-order valence-corrected chi connectivity index (χ2v) is 11.8. The highest BCUT2D eigenvalue weighted by molar-refractivity contribution is 7.17. The maximum absolute atomic E-state index is 12.3. The lowest BCUT2D eigenvalue weighted by molar-refractivity contribution is -0.138. The van der Waals surface area contributed by atoms with Crippen molar-refractivity contribution in [3.63, 3.8) is 0 Å². The van der Waals surface area contributed by atoms with Crippen molar-refractivity contribution in [2.75, 3.05) is 13.1 Å². The minimum absolute atomic E-state index is 0.245. The van der Waals surface area contributed by atoms with Crippen molar-refractivity contribution in [1.82, 2.24) is 4.90 Å². The monoisotopic (exact) mass is 555 g/mol. The Bertz CT molecular complexity index is 1100. The summed E-state index contributed by atoms with van der Waals surface area (Å²) in [5.41, 5.74) is 3.73. The van der Waals surface area contributed by atoms with Gasteiger partial charge in [-0.25, -0.2) is 0 Å². The third-order valence-electron chi connectivity index (χ3n) is 7.82. The quantitative estimate of drug-likeness (QED) is 0.191. The van der Waals surface area contributed by atoms with Gasteiger partial charge < -0.3 is 10.2 Å². The smallest absolute Gasteiger partial charge is 0.303 e. The van der Waals surface area contributed by atoms with Crippen molar-refractivity contribution < 1.29 is 24.6 Å². The molecule has 7 heteroatoms. The van der Waals surface area contributed by atoms with E-state index >= 15 is 0 Å². The predicted molar refractivity (Wildman–Crippen MR) is 160 cm³/mol. The number of unbranched alkanes of at least 4 members (excludes halogenated alkanes) is 5. The average Bonchev–Trinajstić information content (AvgIpc) is 3.22. The Labute approximate surface area is 237 Å². The van der Waals surface area contributed by atoms with E-state index in [9.17, 15) is 14.4 Å². The van der Waals surface area contributed by atoms with Crippen LogP contribution in [-0.2, 0) is 9.59 Å². The maximum atomic E-state index is 12.3. The summed E-state index contributed by atoms with van der Waals surface area (Å²) in [6.07, 6.45) is 16.4. The van der Waals surface area contributed by atoms with Crippen molar-refractivity contribution >= 4 is 44.7 Å². The molecule has 2 aliphatic heterocycles. The van der Waals surface area contributed by atoms with Gasteiger partial charge in [-0.3, -0.25) is 19.3 Å². The van der Waals surface area contributed by atoms with E-state index in [0.29, 0.717) is 6.42 Å². The van der Waals surface area contributed by atoms with Crippen molar-refractivity contribution in [2.24, 2.45) is 0 Å². The van der Waals surface area contributed by atoms with Crippen LogP contribution in [-0.4, -0.2) is 52.0 Å². The van der Waals surface area contributed by atoms with Crippen LogP contribution < -0.4 is 0 Å². The molecule has 1 aromatic heterocycles. The summed E-state index contributed by atoms with van der Waals surface area (Å²) < 4.78 is 1.30. The number of aliphatic carboxylic acids is 2. The third-order valence-corrected chi connectivity index (χ3v) is 8.78. The number of benzene rings is 1. The molecule has 1 unspecified atom stereocenters. The predicted octanol–water partition coefficient (Wildman–Crippen LogP) is 8.19. The third kappa shape index (κ3) is 10.2. The van der Waals surface area contributed by atoms with Crippen LogP contribution in [0, 0.1) is 0 Å². The minimum Gasteiger partial charge on any atom is -0.481 e. The molecule has 0 saturated carbocycles. The van der Waals surface area contributed by atoms with Gasteiger partial charge in [-0.15, -0.1) is 11.3 Å². The number of fused-ring (bicyclic) bond motifs is 2. The van der Waals surface area contributed by atoms with E-state index in [1.165, 1.54) is 59.9 Å². The molecule has 4 rings (SSSR count). The first kappa shape index (κ1) is 31.0. The van der Waals surface area contributed by atoms with Crippen LogP contribution in [0.4, 0.5) is 0 Å². The number of hydrogen-bond donors (Lipinski definition) is 2. The molecule has 2 N–H and O–H groups in total. The van der Waals surface area contributed by atoms with Crippen molar-refractivity contribution in [2.45, 2.75) is 109 Å². The lowest BCUT2D eigenvalue weighted by atomic mass is 9.94. The van der Waals surface area contributed by atoms with Crippen LogP contribution in [0.2, 0.25) is 0 Å². The first-order valence-corrected chi connectivity index (χ1v) is 15.7. The fraction of sp³-hybridized carbons (Fsp3) is 0.594. The number of allylic oxidation sites excluding steroid dienone is 1. The maximum Gasteiger partial charge on any atom is 0.303 e. The Morgan fingerprint density at radius 2 is 1.62 bits per heavy atom. The lowest BCUT2D eigenvalue weighted by Crippen LogP contribution is -2.38. The highest BCUT2D eigenvalue weighted by Gasteiger charge is 2.25. The van der Waals surface area contributed by atoms with E-state index in [1.54, 1.807) is 0 Å². The number of nitrogens with zero attached hydrogens (tertiary/aromatic N) is 1. The van der Waals surface area contributed by atoms with Crippen LogP contribution in [0.5, 0.6) is 0 Å². The number of carbonyl (C=O) groups is 3. The normalized spacial score (nSPS) is 17.5. The number of thiophene rings is 1. The second-order valence-electron chi connectivity index (χ2n) is 10.9. The average molecular weight is 556 g/mol. The van der Waals surface area contributed by atoms with E-state index in [1.807, 2.05) is 17.4 Å². The molecule has 0 spiro atoms. The molecule has 0 amide bonds. The molecule has 0 bridgehead atoms. The molecule has 1 fully saturated rings. The van der Waals surface area contributed by atoms with Crippen LogP contribution in [0.1, 0.15) is 119 Å². The Morgan fingerprint density at radius 3 is 2.28 bits per heavy atom. The number of carboxylic acids is 2. The largest absolute Gasteiger partial charge is 0.481 e. The van der Waals surface area contributed by atoms with E-state index < -0.39 is 11.9 Å². The summed E-state index contributed by atoms with van der Waals surface area (Å²) in [5, 5.41) is 20.3. The summed E-state index contributed by atoms with van der Waals surface area (Å²) in [7, 11) is 0. The SMILES string of the molecule is CCCC(=O)c1ccc2scc(C3=CCN4CCCCC4CC3)c2c1.O=C(O)CCCCCCCCC(=O)O. The molecule has 2 aliphatic rings. The molecular weight excluding hydrogens is 510 g/mol. The van der Waals surface area contributed by atoms with Gasteiger partial charge in [0.1, 0.15) is 0 Å². The van der Waals surface area contributed by atoms with Gasteiger partial charge in [0, 0.05) is 47.5 Å². The molecule has 1 aromatic carbocycles. The number of ketones is 1. The van der Waals surface area contributed by atoms with Gasteiger partial charge in [0.15, 0.2) is 5.78 Å². The van der Waals surface area contributed by atoms with Crippen molar-refractivity contribution in [3.05, 3.63) is 40.8 Å². The number of Topliss-reactive ketones (excluding diaryl/α,β-unsaturated/α-hetero) is 1. The zero-order valence-electron chi connectivity index (χ0n) is 23.5. The summed E-state index contributed by atoms with van der Waals surface area (Å²) in [4.78, 5) is 35.3. The molecule has 39 heavy (non-hydrogen) atoms. The van der Waals surface area contributed by atoms with Crippen LogP contribution in [0.25, 0.3) is 15.7 Å². The molecule has 0 aliphatic carbocycles. The van der Waals surface area contributed by atoms with E-state index in [0.717, 1.165) is 63.1 Å². The first-order valence-electron chi connectivity index (χ1n) is 14.8. The number of rotatable bonds is 13. The van der Waals surface area contributed by atoms with Gasteiger partial charge in [-0.1, -0.05) is 45.1 Å². The van der Waals surface area contributed by atoms with E-state index in [4.69, 9.17) is 10.2 Å². The van der Waals surface area contributed by atoms with Crippen LogP contribution >= 0.6 is 11.3 Å². The zero-order valence-corrected chi connectivity index (χ0v) is 24.3. The molecule has 3 heterocycles. The molecule has 2 aromatic rings. The number of hydrogen-bond acceptors (Lipinski definition) is 5. The van der Waals surface area contributed by atoms with Crippen molar-refractivity contribution in [3.8, 4) is 0 Å². The summed E-state index contributed by atoms with van der Waals surface area (Å²) in [5.74, 6) is -1.21. The van der Waals surface area contributed by atoms with Crippen LogP contribution in [0.15, 0.2) is 29.7 Å². The van der Waals surface area contributed by atoms with Gasteiger partial charge in [0.05, 0.1) is 0 Å². The molecule has 214 valence electrons. The Hall–Kier alpha value is -2.51. The lowest BCUT2D eigenvalue weighted by Gasteiger charge is -2.33. The second kappa shape index (κ2) is 16.6. The molecular formula is C32H45NO5S. The number of carboxylic acid groups (broad SMARTS) is 2. The van der Waals surface area contributed by atoms with Crippen LogP contribution in [0.3, 0.4) is 0 Å².